The monoisotopic (exact) mass is 479 g/mol. The van der Waals surface area contributed by atoms with E-state index in [1.165, 1.54) is 16.8 Å². The molecule has 1 amide bonds. The van der Waals surface area contributed by atoms with Gasteiger partial charge in [0.1, 0.15) is 5.82 Å². The zero-order chi connectivity index (χ0) is 23.5. The molecule has 3 aromatic rings. The number of aryl methyl sites for hydroxylation is 1. The van der Waals surface area contributed by atoms with E-state index in [1.807, 2.05) is 24.3 Å². The summed E-state index contributed by atoms with van der Waals surface area (Å²) >= 11 is 0. The Labute approximate surface area is 200 Å². The zero-order valence-electron chi connectivity index (χ0n) is 19.1. The molecule has 0 unspecified atom stereocenters. The van der Waals surface area contributed by atoms with Gasteiger partial charge in [0.15, 0.2) is 5.82 Å². The quantitative estimate of drug-likeness (QED) is 0.594. The van der Waals surface area contributed by atoms with Gasteiger partial charge >= 0.3 is 0 Å². The fourth-order valence-corrected chi connectivity index (χ4v) is 6.25. The van der Waals surface area contributed by atoms with E-state index < -0.39 is 10.0 Å². The van der Waals surface area contributed by atoms with Crippen LogP contribution in [0.1, 0.15) is 54.7 Å². The van der Waals surface area contributed by atoms with Crippen molar-refractivity contribution in [3.63, 3.8) is 0 Å². The van der Waals surface area contributed by atoms with E-state index >= 15 is 0 Å². The smallest absolute Gasteiger partial charge is 0.255 e. The Bertz CT molecular complexity index is 1300. The molecule has 0 atom stereocenters. The highest BCUT2D eigenvalue weighted by atomic mass is 32.2. The van der Waals surface area contributed by atoms with Gasteiger partial charge in [0.25, 0.3) is 5.91 Å². The Hall–Kier alpha value is -3.04. The molecule has 1 fully saturated rings. The fourth-order valence-electron chi connectivity index (χ4n) is 4.69. The molecule has 1 N–H and O–H groups in total. The van der Waals surface area contributed by atoms with Gasteiger partial charge in [-0.3, -0.25) is 4.79 Å². The molecule has 1 aromatic heterocycles. The molecule has 2 aliphatic heterocycles. The summed E-state index contributed by atoms with van der Waals surface area (Å²) in [7, 11) is -3.60. The van der Waals surface area contributed by atoms with Gasteiger partial charge < -0.3 is 9.88 Å². The van der Waals surface area contributed by atoms with E-state index in [0.717, 1.165) is 62.3 Å². The highest BCUT2D eigenvalue weighted by Crippen LogP contribution is 2.26. The number of anilines is 1. The minimum atomic E-state index is -3.60. The van der Waals surface area contributed by atoms with Crippen molar-refractivity contribution in [3.05, 3.63) is 59.9 Å². The summed E-state index contributed by atoms with van der Waals surface area (Å²) in [6.07, 6.45) is 7.12. The lowest BCUT2D eigenvalue weighted by atomic mass is 10.1. The van der Waals surface area contributed by atoms with Crippen molar-refractivity contribution in [1.82, 2.24) is 19.1 Å². The van der Waals surface area contributed by atoms with Crippen LogP contribution in [0.25, 0.3) is 11.4 Å². The van der Waals surface area contributed by atoms with Gasteiger partial charge in [0.05, 0.1) is 4.90 Å². The van der Waals surface area contributed by atoms with Crippen LogP contribution in [0.2, 0.25) is 0 Å². The van der Waals surface area contributed by atoms with Gasteiger partial charge in [-0.1, -0.05) is 31.0 Å². The van der Waals surface area contributed by atoms with E-state index in [-0.39, 0.29) is 10.8 Å². The second-order valence-corrected chi connectivity index (χ2v) is 10.9. The summed E-state index contributed by atoms with van der Waals surface area (Å²) in [5, 5.41) is 11.7. The van der Waals surface area contributed by atoms with E-state index in [1.54, 1.807) is 18.2 Å². The molecular weight excluding hydrogens is 450 g/mol. The molecule has 0 bridgehead atoms. The van der Waals surface area contributed by atoms with E-state index in [0.29, 0.717) is 24.3 Å². The maximum atomic E-state index is 13.0. The standard InChI is InChI=1S/C25H29N5O3S/c31-25(20-10-8-12-22(18-20)34(32,33)29-14-4-2-5-15-29)26-21-11-7-9-19(17-21)24-28-27-23-13-3-1-6-16-30(23)24/h7-12,17-18H,1-6,13-16H2,(H,26,31). The first-order valence-electron chi connectivity index (χ1n) is 12.0. The third kappa shape index (κ3) is 4.63. The summed E-state index contributed by atoms with van der Waals surface area (Å²) < 4.78 is 29.7. The number of fused-ring (bicyclic) bond motifs is 1. The number of nitrogens with zero attached hydrogens (tertiary/aromatic N) is 4. The topological polar surface area (TPSA) is 97.2 Å². The summed E-state index contributed by atoms with van der Waals surface area (Å²) in [4.78, 5) is 13.1. The number of hydrogen-bond donors (Lipinski definition) is 1. The lowest BCUT2D eigenvalue weighted by Gasteiger charge is -2.26. The van der Waals surface area contributed by atoms with Crippen molar-refractivity contribution >= 4 is 21.6 Å². The fraction of sp³-hybridized carbons (Fsp3) is 0.400. The molecule has 0 radical (unpaired) electrons. The summed E-state index contributed by atoms with van der Waals surface area (Å²) in [5.74, 6) is 1.46. The number of rotatable bonds is 5. The van der Waals surface area contributed by atoms with Crippen LogP contribution in [0, 0.1) is 0 Å². The predicted molar refractivity (Wildman–Crippen MR) is 130 cm³/mol. The molecule has 2 aromatic carbocycles. The third-order valence-corrected chi connectivity index (χ3v) is 8.43. The average molecular weight is 480 g/mol. The van der Waals surface area contributed by atoms with Crippen LogP contribution < -0.4 is 5.32 Å². The highest BCUT2D eigenvalue weighted by Gasteiger charge is 2.26. The Morgan fingerprint density at radius 2 is 1.62 bits per heavy atom. The molecular formula is C25H29N5O3S. The van der Waals surface area contributed by atoms with Gasteiger partial charge in [-0.25, -0.2) is 8.42 Å². The lowest BCUT2D eigenvalue weighted by molar-refractivity contribution is 0.102. The molecule has 2 aliphatic rings. The molecule has 0 aliphatic carbocycles. The van der Waals surface area contributed by atoms with Crippen molar-refractivity contribution in [2.24, 2.45) is 0 Å². The number of piperidine rings is 1. The number of carbonyl (C=O) groups excluding carboxylic acids is 1. The first-order chi connectivity index (χ1) is 16.5. The van der Waals surface area contributed by atoms with E-state index in [4.69, 9.17) is 0 Å². The molecule has 34 heavy (non-hydrogen) atoms. The number of benzene rings is 2. The minimum Gasteiger partial charge on any atom is -0.322 e. The number of aromatic nitrogens is 3. The first kappa shape index (κ1) is 22.7. The maximum Gasteiger partial charge on any atom is 0.255 e. The second kappa shape index (κ2) is 9.68. The molecule has 5 rings (SSSR count). The Morgan fingerprint density at radius 3 is 2.47 bits per heavy atom. The van der Waals surface area contributed by atoms with Crippen LogP contribution in [0.4, 0.5) is 5.69 Å². The van der Waals surface area contributed by atoms with Crippen LogP contribution in [-0.4, -0.2) is 46.5 Å². The minimum absolute atomic E-state index is 0.155. The van der Waals surface area contributed by atoms with E-state index in [2.05, 4.69) is 20.1 Å². The van der Waals surface area contributed by atoms with E-state index in [9.17, 15) is 13.2 Å². The molecule has 8 nitrogen and oxygen atoms in total. The summed E-state index contributed by atoms with van der Waals surface area (Å²) in [6.45, 7) is 1.95. The van der Waals surface area contributed by atoms with Gasteiger partial charge in [-0.05, 0) is 56.0 Å². The molecule has 178 valence electrons. The summed E-state index contributed by atoms with van der Waals surface area (Å²) in [5.41, 5.74) is 1.82. The van der Waals surface area contributed by atoms with Crippen LogP contribution in [0.3, 0.4) is 0 Å². The predicted octanol–water partition coefficient (Wildman–Crippen LogP) is 4.10. The van der Waals surface area contributed by atoms with Gasteiger partial charge in [0.2, 0.25) is 10.0 Å². The zero-order valence-corrected chi connectivity index (χ0v) is 19.9. The summed E-state index contributed by atoms with van der Waals surface area (Å²) in [6, 6.07) is 13.8. The van der Waals surface area contributed by atoms with Crippen LogP contribution >= 0.6 is 0 Å². The van der Waals surface area contributed by atoms with Gasteiger partial charge in [-0.15, -0.1) is 10.2 Å². The first-order valence-corrected chi connectivity index (χ1v) is 13.4. The maximum absolute atomic E-state index is 13.0. The number of sulfonamides is 1. The number of hydrogen-bond acceptors (Lipinski definition) is 5. The Kier molecular flexibility index (Phi) is 6.47. The normalized spacial score (nSPS) is 17.1. The van der Waals surface area contributed by atoms with Crippen molar-refractivity contribution in [2.75, 3.05) is 18.4 Å². The second-order valence-electron chi connectivity index (χ2n) is 8.93. The third-order valence-electron chi connectivity index (χ3n) is 6.54. The molecule has 0 saturated carbocycles. The molecule has 9 heteroatoms. The molecule has 0 spiro atoms. The average Bonchev–Trinajstić information content (AvgIpc) is 3.13. The molecule has 1 saturated heterocycles. The Morgan fingerprint density at radius 1 is 0.853 bits per heavy atom. The number of nitrogens with one attached hydrogen (secondary N) is 1. The van der Waals surface area contributed by atoms with Crippen LogP contribution in [-0.2, 0) is 23.0 Å². The van der Waals surface area contributed by atoms with Crippen LogP contribution in [0.5, 0.6) is 0 Å². The van der Waals surface area contributed by atoms with Crippen molar-refractivity contribution < 1.29 is 13.2 Å². The van der Waals surface area contributed by atoms with Crippen molar-refractivity contribution in [1.29, 1.82) is 0 Å². The largest absolute Gasteiger partial charge is 0.322 e. The SMILES string of the molecule is O=C(Nc1cccc(-c2nnc3n2CCCCC3)c1)c1cccc(S(=O)(=O)N2CCCCC2)c1. The van der Waals surface area contributed by atoms with Crippen molar-refractivity contribution in [3.8, 4) is 11.4 Å². The van der Waals surface area contributed by atoms with Gasteiger partial charge in [-0.2, -0.15) is 4.31 Å². The van der Waals surface area contributed by atoms with Gasteiger partial charge in [0, 0.05) is 42.9 Å². The van der Waals surface area contributed by atoms with Crippen LogP contribution in [0.15, 0.2) is 53.4 Å². The number of amides is 1. The number of carbonyl (C=O) groups is 1. The Balaban J connectivity index is 1.36. The molecule has 3 heterocycles. The van der Waals surface area contributed by atoms with Crippen molar-refractivity contribution in [2.45, 2.75) is 56.4 Å². The lowest BCUT2D eigenvalue weighted by Crippen LogP contribution is -2.35. The highest BCUT2D eigenvalue weighted by molar-refractivity contribution is 7.89.